The van der Waals surface area contributed by atoms with Gasteiger partial charge >= 0.3 is 11.9 Å². The number of allylic oxidation sites excluding steroid dienone is 1. The van der Waals surface area contributed by atoms with Gasteiger partial charge < -0.3 is 14.2 Å². The second-order valence-corrected chi connectivity index (χ2v) is 10.4. The molecule has 0 unspecified atom stereocenters. The highest BCUT2D eigenvalue weighted by atomic mass is 16.6. The van der Waals surface area contributed by atoms with Crippen molar-refractivity contribution in [3.63, 3.8) is 0 Å². The fourth-order valence-corrected chi connectivity index (χ4v) is 6.51. The third-order valence-electron chi connectivity index (χ3n) is 8.12. The molecule has 1 heterocycles. The summed E-state index contributed by atoms with van der Waals surface area (Å²) < 4.78 is 17.5. The van der Waals surface area contributed by atoms with Gasteiger partial charge in [0.1, 0.15) is 6.61 Å². The summed E-state index contributed by atoms with van der Waals surface area (Å²) in [7, 11) is 1.42. The zero-order chi connectivity index (χ0) is 21.5. The van der Waals surface area contributed by atoms with Crippen molar-refractivity contribution in [1.29, 1.82) is 0 Å². The minimum Gasteiger partial charge on any atom is -0.469 e. The zero-order valence-electron chi connectivity index (χ0n) is 19.1. The van der Waals surface area contributed by atoms with E-state index in [1.54, 1.807) is 0 Å². The van der Waals surface area contributed by atoms with Gasteiger partial charge in [-0.1, -0.05) is 40.2 Å². The Morgan fingerprint density at radius 2 is 1.83 bits per heavy atom. The molecule has 0 radical (unpaired) electrons. The lowest BCUT2D eigenvalue weighted by atomic mass is 9.46. The van der Waals surface area contributed by atoms with Crippen molar-refractivity contribution in [2.24, 2.45) is 16.7 Å². The normalized spacial score (nSPS) is 38.3. The van der Waals surface area contributed by atoms with E-state index in [4.69, 9.17) is 14.2 Å². The van der Waals surface area contributed by atoms with Crippen LogP contribution < -0.4 is 0 Å². The third kappa shape index (κ3) is 3.75. The molecule has 5 heteroatoms. The lowest BCUT2D eigenvalue weighted by Gasteiger charge is -2.61. The lowest BCUT2D eigenvalue weighted by molar-refractivity contribution is -0.196. The van der Waals surface area contributed by atoms with Crippen molar-refractivity contribution in [3.8, 4) is 0 Å². The summed E-state index contributed by atoms with van der Waals surface area (Å²) in [5.41, 5.74) is 0.208. The van der Waals surface area contributed by atoms with Crippen LogP contribution in [0.3, 0.4) is 0 Å². The molecule has 5 nitrogen and oxygen atoms in total. The molecule has 3 rings (SSSR count). The molecule has 1 saturated carbocycles. The summed E-state index contributed by atoms with van der Waals surface area (Å²) in [5, 5.41) is 0. The van der Waals surface area contributed by atoms with Crippen LogP contribution in [0.25, 0.3) is 0 Å². The van der Waals surface area contributed by atoms with Crippen LogP contribution in [0.15, 0.2) is 11.6 Å². The van der Waals surface area contributed by atoms with Crippen LogP contribution in [0, 0.1) is 16.7 Å². The van der Waals surface area contributed by atoms with E-state index in [1.165, 1.54) is 20.0 Å². The predicted molar refractivity (Wildman–Crippen MR) is 111 cm³/mol. The molecule has 1 spiro atoms. The molecule has 29 heavy (non-hydrogen) atoms. The molecule has 2 fully saturated rings. The van der Waals surface area contributed by atoms with E-state index in [-0.39, 0.29) is 35.8 Å². The monoisotopic (exact) mass is 406 g/mol. The SMILES string of the molecule is CCC(=O)OCC1=CC[C@H]2C(C)(C)CCC[C@]2(C)[C@@]12CC[C@@](C)(CC(=O)OC)O2. The molecule has 0 N–H and O–H groups in total. The molecule has 164 valence electrons. The van der Waals surface area contributed by atoms with Crippen LogP contribution in [-0.2, 0) is 23.8 Å². The molecule has 1 saturated heterocycles. The second-order valence-electron chi connectivity index (χ2n) is 10.4. The minimum absolute atomic E-state index is 0.0503. The number of ether oxygens (including phenoxy) is 3. The largest absolute Gasteiger partial charge is 0.469 e. The molecule has 3 aliphatic rings. The van der Waals surface area contributed by atoms with E-state index in [0.29, 0.717) is 12.3 Å². The van der Waals surface area contributed by atoms with Crippen LogP contribution in [-0.4, -0.2) is 36.9 Å². The molecule has 4 atom stereocenters. The molecule has 0 bridgehead atoms. The van der Waals surface area contributed by atoms with Gasteiger partial charge in [0.15, 0.2) is 0 Å². The maximum absolute atomic E-state index is 12.1. The first-order valence-corrected chi connectivity index (χ1v) is 11.1. The summed E-state index contributed by atoms with van der Waals surface area (Å²) in [5.74, 6) is 0.0662. The molecule has 0 aromatic rings. The summed E-state index contributed by atoms with van der Waals surface area (Å²) >= 11 is 0. The minimum atomic E-state index is -0.562. The van der Waals surface area contributed by atoms with Crippen LogP contribution in [0.5, 0.6) is 0 Å². The Labute approximate surface area is 175 Å². The number of carbonyl (C=O) groups is 2. The van der Waals surface area contributed by atoms with Gasteiger partial charge in [0.2, 0.25) is 0 Å². The Kier molecular flexibility index (Phi) is 5.94. The van der Waals surface area contributed by atoms with Crippen molar-refractivity contribution in [1.82, 2.24) is 0 Å². The Balaban J connectivity index is 2.00. The van der Waals surface area contributed by atoms with E-state index in [1.807, 2.05) is 13.8 Å². The van der Waals surface area contributed by atoms with Gasteiger partial charge in [-0.15, -0.1) is 0 Å². The summed E-state index contributed by atoms with van der Waals surface area (Å²) in [6.45, 7) is 11.2. The van der Waals surface area contributed by atoms with Crippen molar-refractivity contribution in [3.05, 3.63) is 11.6 Å². The van der Waals surface area contributed by atoms with Crippen LogP contribution >= 0.6 is 0 Å². The number of methoxy groups -OCH3 is 1. The van der Waals surface area contributed by atoms with Gasteiger partial charge in [0.05, 0.1) is 24.7 Å². The number of esters is 2. The number of hydrogen-bond acceptors (Lipinski definition) is 5. The summed E-state index contributed by atoms with van der Waals surface area (Å²) in [6, 6.07) is 0. The van der Waals surface area contributed by atoms with E-state index in [0.717, 1.165) is 31.3 Å². The molecular formula is C24H38O5. The first kappa shape index (κ1) is 22.3. The molecule has 0 aromatic heterocycles. The van der Waals surface area contributed by atoms with Crippen molar-refractivity contribution >= 4 is 11.9 Å². The van der Waals surface area contributed by atoms with Crippen LogP contribution in [0.1, 0.15) is 86.0 Å². The van der Waals surface area contributed by atoms with Gasteiger partial charge in [-0.2, -0.15) is 0 Å². The fourth-order valence-electron chi connectivity index (χ4n) is 6.51. The first-order valence-electron chi connectivity index (χ1n) is 11.1. The Bertz CT molecular complexity index is 695. The molecule has 0 amide bonds. The summed E-state index contributed by atoms with van der Waals surface area (Å²) in [6.07, 6.45) is 8.99. The predicted octanol–water partition coefficient (Wildman–Crippen LogP) is 4.97. The highest BCUT2D eigenvalue weighted by molar-refractivity contribution is 5.70. The zero-order valence-corrected chi connectivity index (χ0v) is 19.1. The third-order valence-corrected chi connectivity index (χ3v) is 8.12. The topological polar surface area (TPSA) is 61.8 Å². The molecular weight excluding hydrogens is 368 g/mol. The van der Waals surface area contributed by atoms with E-state index >= 15 is 0 Å². The van der Waals surface area contributed by atoms with Gasteiger partial charge in [-0.25, -0.2) is 0 Å². The van der Waals surface area contributed by atoms with E-state index in [2.05, 4.69) is 26.8 Å². The fraction of sp³-hybridized carbons (Fsp3) is 0.833. The molecule has 1 aliphatic heterocycles. The highest BCUT2D eigenvalue weighted by Crippen LogP contribution is 2.66. The van der Waals surface area contributed by atoms with Crippen LogP contribution in [0.4, 0.5) is 0 Å². The number of hydrogen-bond donors (Lipinski definition) is 0. The Morgan fingerprint density at radius 3 is 2.48 bits per heavy atom. The second kappa shape index (κ2) is 7.72. The standard InChI is InChI=1S/C24H38O5/c1-7-19(25)28-16-17-9-10-18-21(2,3)11-8-12-23(18,5)24(17)14-13-22(4,29-24)15-20(26)27-6/h9,18H,7-8,10-16H2,1-6H3/t18-,22-,23-,24+/m0/s1. The van der Waals surface area contributed by atoms with Crippen molar-refractivity contribution in [2.75, 3.05) is 13.7 Å². The maximum atomic E-state index is 12.1. The quantitative estimate of drug-likeness (QED) is 0.476. The Hall–Kier alpha value is -1.36. The lowest BCUT2D eigenvalue weighted by Crippen LogP contribution is -2.60. The average molecular weight is 407 g/mol. The Morgan fingerprint density at radius 1 is 1.10 bits per heavy atom. The number of carbonyl (C=O) groups excluding carboxylic acids is 2. The molecule has 0 aromatic carbocycles. The smallest absolute Gasteiger partial charge is 0.308 e. The maximum Gasteiger partial charge on any atom is 0.308 e. The van der Waals surface area contributed by atoms with Crippen molar-refractivity contribution < 1.29 is 23.8 Å². The van der Waals surface area contributed by atoms with Gasteiger partial charge in [0, 0.05) is 11.8 Å². The van der Waals surface area contributed by atoms with Gasteiger partial charge in [0.25, 0.3) is 0 Å². The number of fused-ring (bicyclic) bond motifs is 2. The van der Waals surface area contributed by atoms with Gasteiger partial charge in [-0.3, -0.25) is 9.59 Å². The van der Waals surface area contributed by atoms with Crippen molar-refractivity contribution in [2.45, 2.75) is 97.2 Å². The highest BCUT2D eigenvalue weighted by Gasteiger charge is 2.65. The van der Waals surface area contributed by atoms with E-state index < -0.39 is 11.2 Å². The van der Waals surface area contributed by atoms with Crippen LogP contribution in [0.2, 0.25) is 0 Å². The number of rotatable bonds is 5. The van der Waals surface area contributed by atoms with E-state index in [9.17, 15) is 9.59 Å². The summed E-state index contributed by atoms with van der Waals surface area (Å²) in [4.78, 5) is 23.9. The average Bonchev–Trinajstić information content (AvgIpc) is 3.00. The van der Waals surface area contributed by atoms with Gasteiger partial charge in [-0.05, 0) is 55.9 Å². The molecule has 2 aliphatic carbocycles. The first-order chi connectivity index (χ1) is 13.5.